The SMILES string of the molecule is CCCN(CC1CC1)C(=O)COC(=O)/C=C/c1ccc(S(=O)(=O)N2CCc3ccccc32)cc1. The Morgan fingerprint density at radius 1 is 1.12 bits per heavy atom. The predicted molar refractivity (Wildman–Crippen MR) is 131 cm³/mol. The van der Waals surface area contributed by atoms with E-state index in [0.29, 0.717) is 31.0 Å². The minimum atomic E-state index is -3.66. The number of rotatable bonds is 10. The second-order valence-corrected chi connectivity index (χ2v) is 10.6. The molecule has 1 amide bonds. The molecule has 1 aliphatic carbocycles. The van der Waals surface area contributed by atoms with E-state index in [2.05, 4.69) is 0 Å². The molecule has 0 unspecified atom stereocenters. The maximum Gasteiger partial charge on any atom is 0.331 e. The van der Waals surface area contributed by atoms with Gasteiger partial charge in [-0.25, -0.2) is 13.2 Å². The van der Waals surface area contributed by atoms with Crippen molar-refractivity contribution in [3.05, 3.63) is 65.7 Å². The molecule has 4 rings (SSSR count). The monoisotopic (exact) mass is 482 g/mol. The smallest absolute Gasteiger partial charge is 0.331 e. The second kappa shape index (κ2) is 10.4. The highest BCUT2D eigenvalue weighted by molar-refractivity contribution is 7.92. The molecule has 1 fully saturated rings. The summed E-state index contributed by atoms with van der Waals surface area (Å²) < 4.78 is 32.7. The van der Waals surface area contributed by atoms with Gasteiger partial charge in [0.25, 0.3) is 15.9 Å². The summed E-state index contributed by atoms with van der Waals surface area (Å²) in [6, 6.07) is 13.9. The van der Waals surface area contributed by atoms with Crippen LogP contribution in [-0.2, 0) is 30.8 Å². The van der Waals surface area contributed by atoms with Crippen molar-refractivity contribution in [1.82, 2.24) is 4.90 Å². The molecule has 2 aromatic rings. The fraction of sp³-hybridized carbons (Fsp3) is 0.385. The maximum absolute atomic E-state index is 13.1. The lowest BCUT2D eigenvalue weighted by Crippen LogP contribution is -2.36. The molecular formula is C26H30N2O5S. The molecule has 7 nitrogen and oxygen atoms in total. The lowest BCUT2D eigenvalue weighted by molar-refractivity contribution is -0.148. The van der Waals surface area contributed by atoms with Gasteiger partial charge in [0.05, 0.1) is 10.6 Å². The van der Waals surface area contributed by atoms with Crippen molar-refractivity contribution < 1.29 is 22.7 Å². The Hall–Kier alpha value is -3.13. The third-order valence-corrected chi connectivity index (χ3v) is 7.91. The fourth-order valence-electron chi connectivity index (χ4n) is 4.07. The predicted octanol–water partition coefficient (Wildman–Crippen LogP) is 3.64. The van der Waals surface area contributed by atoms with E-state index in [9.17, 15) is 18.0 Å². The van der Waals surface area contributed by atoms with E-state index in [1.807, 2.05) is 31.2 Å². The first-order valence-corrected chi connectivity index (χ1v) is 13.2. The summed E-state index contributed by atoms with van der Waals surface area (Å²) in [5.74, 6) is -0.201. The quantitative estimate of drug-likeness (QED) is 0.381. The molecule has 0 N–H and O–H groups in total. The molecule has 1 aliphatic heterocycles. The van der Waals surface area contributed by atoms with Gasteiger partial charge in [0.15, 0.2) is 6.61 Å². The van der Waals surface area contributed by atoms with Crippen molar-refractivity contribution in [2.24, 2.45) is 5.92 Å². The second-order valence-electron chi connectivity index (χ2n) is 8.75. The Bertz CT molecular complexity index is 1170. The number of hydrogen-bond acceptors (Lipinski definition) is 5. The van der Waals surface area contributed by atoms with Crippen LogP contribution >= 0.6 is 0 Å². The van der Waals surface area contributed by atoms with Crippen molar-refractivity contribution in [3.63, 3.8) is 0 Å². The van der Waals surface area contributed by atoms with Gasteiger partial charge in [0.1, 0.15) is 0 Å². The zero-order valence-electron chi connectivity index (χ0n) is 19.4. The first-order valence-electron chi connectivity index (χ1n) is 11.7. The number of amides is 1. The zero-order valence-corrected chi connectivity index (χ0v) is 20.2. The summed E-state index contributed by atoms with van der Waals surface area (Å²) >= 11 is 0. The number of carbonyl (C=O) groups excluding carboxylic acids is 2. The lowest BCUT2D eigenvalue weighted by Gasteiger charge is -2.21. The minimum Gasteiger partial charge on any atom is -0.452 e. The third kappa shape index (κ3) is 5.67. The van der Waals surface area contributed by atoms with Gasteiger partial charge in [-0.15, -0.1) is 0 Å². The zero-order chi connectivity index (χ0) is 24.1. The Labute approximate surface area is 201 Å². The van der Waals surface area contributed by atoms with E-state index in [1.165, 1.54) is 22.5 Å². The molecule has 0 saturated heterocycles. The van der Waals surface area contributed by atoms with Crippen LogP contribution in [0.5, 0.6) is 0 Å². The highest BCUT2D eigenvalue weighted by atomic mass is 32.2. The van der Waals surface area contributed by atoms with Crippen molar-refractivity contribution in [2.45, 2.75) is 37.5 Å². The molecule has 0 spiro atoms. The average molecular weight is 483 g/mol. The molecule has 0 bridgehead atoms. The van der Waals surface area contributed by atoms with Crippen molar-refractivity contribution in [3.8, 4) is 0 Å². The molecule has 180 valence electrons. The van der Waals surface area contributed by atoms with E-state index in [4.69, 9.17) is 4.74 Å². The molecule has 8 heteroatoms. The highest BCUT2D eigenvalue weighted by Gasteiger charge is 2.30. The van der Waals surface area contributed by atoms with E-state index in [-0.39, 0.29) is 17.4 Å². The van der Waals surface area contributed by atoms with Crippen LogP contribution in [-0.4, -0.2) is 51.4 Å². The van der Waals surface area contributed by atoms with Gasteiger partial charge in [-0.3, -0.25) is 9.10 Å². The number of esters is 1. The van der Waals surface area contributed by atoms with Gasteiger partial charge >= 0.3 is 5.97 Å². The van der Waals surface area contributed by atoms with Gasteiger partial charge in [0, 0.05) is 25.7 Å². The van der Waals surface area contributed by atoms with E-state index < -0.39 is 16.0 Å². The maximum atomic E-state index is 13.1. The summed E-state index contributed by atoms with van der Waals surface area (Å²) in [7, 11) is -3.66. The normalized spacial score (nSPS) is 15.4. The summed E-state index contributed by atoms with van der Waals surface area (Å²) in [4.78, 5) is 26.4. The highest BCUT2D eigenvalue weighted by Crippen LogP contribution is 2.32. The van der Waals surface area contributed by atoms with Crippen molar-refractivity contribution >= 4 is 33.7 Å². The summed E-state index contributed by atoms with van der Waals surface area (Å²) in [5, 5.41) is 0. The van der Waals surface area contributed by atoms with Gasteiger partial charge in [-0.1, -0.05) is 37.3 Å². The number of hydrogen-bond donors (Lipinski definition) is 0. The van der Waals surface area contributed by atoms with E-state index >= 15 is 0 Å². The number of nitrogens with zero attached hydrogens (tertiary/aromatic N) is 2. The van der Waals surface area contributed by atoms with Crippen LogP contribution in [0.25, 0.3) is 6.08 Å². The molecule has 2 aromatic carbocycles. The van der Waals surface area contributed by atoms with Crippen LogP contribution in [0.3, 0.4) is 0 Å². The van der Waals surface area contributed by atoms with Crippen LogP contribution < -0.4 is 4.31 Å². The number of sulfonamides is 1. The summed E-state index contributed by atoms with van der Waals surface area (Å²) in [6.45, 7) is 3.57. The van der Waals surface area contributed by atoms with Crippen LogP contribution in [0.1, 0.15) is 37.3 Å². The number of ether oxygens (including phenoxy) is 1. The summed E-state index contributed by atoms with van der Waals surface area (Å²) in [5.41, 5.74) is 2.40. The molecule has 0 atom stereocenters. The van der Waals surface area contributed by atoms with E-state index in [1.54, 1.807) is 23.1 Å². The molecular weight excluding hydrogens is 452 g/mol. The van der Waals surface area contributed by atoms with Crippen molar-refractivity contribution in [1.29, 1.82) is 0 Å². The van der Waals surface area contributed by atoms with Crippen LogP contribution in [0.15, 0.2) is 59.5 Å². The van der Waals surface area contributed by atoms with Gasteiger partial charge < -0.3 is 9.64 Å². The van der Waals surface area contributed by atoms with E-state index in [0.717, 1.165) is 37.1 Å². The number of para-hydroxylation sites is 1. The molecule has 34 heavy (non-hydrogen) atoms. The molecule has 0 radical (unpaired) electrons. The average Bonchev–Trinajstić information content (AvgIpc) is 3.55. The number of fused-ring (bicyclic) bond motifs is 1. The number of carbonyl (C=O) groups is 2. The van der Waals surface area contributed by atoms with Gasteiger partial charge in [0.2, 0.25) is 0 Å². The number of anilines is 1. The minimum absolute atomic E-state index is 0.173. The molecule has 0 aromatic heterocycles. The fourth-order valence-corrected chi connectivity index (χ4v) is 5.58. The Kier molecular flexibility index (Phi) is 7.36. The third-order valence-electron chi connectivity index (χ3n) is 6.08. The Morgan fingerprint density at radius 3 is 2.56 bits per heavy atom. The van der Waals surface area contributed by atoms with Crippen LogP contribution in [0, 0.1) is 5.92 Å². The summed E-state index contributed by atoms with van der Waals surface area (Å²) in [6.07, 6.45) is 6.66. The largest absolute Gasteiger partial charge is 0.452 e. The molecule has 2 aliphatic rings. The van der Waals surface area contributed by atoms with Gasteiger partial charge in [-0.2, -0.15) is 0 Å². The van der Waals surface area contributed by atoms with Crippen LogP contribution in [0.2, 0.25) is 0 Å². The lowest BCUT2D eigenvalue weighted by atomic mass is 10.2. The molecule has 1 heterocycles. The number of benzene rings is 2. The molecule has 1 saturated carbocycles. The first-order chi connectivity index (χ1) is 16.4. The van der Waals surface area contributed by atoms with Crippen molar-refractivity contribution in [2.75, 3.05) is 30.5 Å². The van der Waals surface area contributed by atoms with Crippen LogP contribution in [0.4, 0.5) is 5.69 Å². The van der Waals surface area contributed by atoms with Gasteiger partial charge in [-0.05, 0) is 67.0 Å². The topological polar surface area (TPSA) is 84.0 Å². The Morgan fingerprint density at radius 2 is 1.85 bits per heavy atom. The first kappa shape index (κ1) is 24.0. The standard InChI is InChI=1S/C26H30N2O5S/c1-2-16-27(18-21-7-8-21)25(29)19-33-26(30)14-11-20-9-12-23(13-10-20)34(31,32)28-17-15-22-5-3-4-6-24(22)28/h3-6,9-14,21H,2,7-8,15-19H2,1H3/b14-11+. The Balaban J connectivity index is 1.33.